The Morgan fingerprint density at radius 3 is 2.26 bits per heavy atom. The molecule has 3 heterocycles. The number of aromatic nitrogens is 2. The van der Waals surface area contributed by atoms with Gasteiger partial charge in [-0.15, -0.1) is 10.2 Å². The number of hydrogen-bond acceptors (Lipinski definition) is 7. The van der Waals surface area contributed by atoms with Crippen molar-refractivity contribution < 1.29 is 22.4 Å². The SMILES string of the molecule is CC(C)c1nnc(C2CCN(C(=O)c3ccc(S(=O)(=O)N4CCOCC4)cc3)CC2)o1. The Hall–Kier alpha value is -2.30. The largest absolute Gasteiger partial charge is 0.425 e. The lowest BCUT2D eigenvalue weighted by Crippen LogP contribution is -2.40. The first kappa shape index (κ1) is 21.9. The summed E-state index contributed by atoms with van der Waals surface area (Å²) in [5.41, 5.74) is 0.485. The molecular formula is C21H28N4O5S. The summed E-state index contributed by atoms with van der Waals surface area (Å²) in [6.07, 6.45) is 1.52. The highest BCUT2D eigenvalue weighted by Gasteiger charge is 2.29. The van der Waals surface area contributed by atoms with E-state index in [2.05, 4.69) is 10.2 Å². The Morgan fingerprint density at radius 1 is 1.03 bits per heavy atom. The summed E-state index contributed by atoms with van der Waals surface area (Å²) in [7, 11) is -3.57. The van der Waals surface area contributed by atoms with E-state index >= 15 is 0 Å². The van der Waals surface area contributed by atoms with Gasteiger partial charge in [-0.25, -0.2) is 8.42 Å². The summed E-state index contributed by atoms with van der Waals surface area (Å²) >= 11 is 0. The molecule has 0 radical (unpaired) electrons. The average Bonchev–Trinajstić information content (AvgIpc) is 3.30. The Labute approximate surface area is 182 Å². The molecule has 0 atom stereocenters. The minimum atomic E-state index is -3.57. The molecule has 2 aliphatic heterocycles. The molecule has 1 aromatic heterocycles. The van der Waals surface area contributed by atoms with Crippen LogP contribution in [0.2, 0.25) is 0 Å². The molecule has 0 spiro atoms. The van der Waals surface area contributed by atoms with Crippen molar-refractivity contribution in [2.45, 2.75) is 43.4 Å². The molecule has 0 N–H and O–H groups in total. The maximum absolute atomic E-state index is 12.9. The number of amides is 1. The first-order valence-corrected chi connectivity index (χ1v) is 12.1. The third-order valence-corrected chi connectivity index (χ3v) is 7.70. The van der Waals surface area contributed by atoms with Gasteiger partial charge in [-0.2, -0.15) is 4.31 Å². The summed E-state index contributed by atoms with van der Waals surface area (Å²) in [4.78, 5) is 14.9. The second-order valence-corrected chi connectivity index (χ2v) is 10.2. The molecule has 1 amide bonds. The summed E-state index contributed by atoms with van der Waals surface area (Å²) in [6.45, 7) is 6.69. The van der Waals surface area contributed by atoms with Gasteiger partial charge in [0.2, 0.25) is 21.8 Å². The lowest BCUT2D eigenvalue weighted by atomic mass is 9.96. The molecule has 0 aliphatic carbocycles. The number of ether oxygens (including phenoxy) is 1. The van der Waals surface area contributed by atoms with Gasteiger partial charge in [-0.3, -0.25) is 4.79 Å². The van der Waals surface area contributed by atoms with Crippen molar-refractivity contribution in [3.8, 4) is 0 Å². The first-order chi connectivity index (χ1) is 14.9. The Morgan fingerprint density at radius 2 is 1.68 bits per heavy atom. The van der Waals surface area contributed by atoms with Crippen molar-refractivity contribution in [1.29, 1.82) is 0 Å². The number of morpholine rings is 1. The number of carbonyl (C=O) groups excluding carboxylic acids is 1. The molecule has 2 fully saturated rings. The van der Waals surface area contributed by atoms with Gasteiger partial charge >= 0.3 is 0 Å². The Bertz CT molecular complexity index is 1000. The summed E-state index contributed by atoms with van der Waals surface area (Å²) in [6, 6.07) is 6.21. The van der Waals surface area contributed by atoms with Gasteiger partial charge in [0.25, 0.3) is 5.91 Å². The number of benzene rings is 1. The number of piperidine rings is 1. The van der Waals surface area contributed by atoms with Crippen LogP contribution in [0.5, 0.6) is 0 Å². The second kappa shape index (κ2) is 9.05. The molecule has 4 rings (SSSR count). The minimum absolute atomic E-state index is 0.0952. The maximum atomic E-state index is 12.9. The van der Waals surface area contributed by atoms with Gasteiger partial charge in [0.15, 0.2) is 0 Å². The van der Waals surface area contributed by atoms with E-state index < -0.39 is 10.0 Å². The number of sulfonamides is 1. The van der Waals surface area contributed by atoms with Crippen molar-refractivity contribution in [1.82, 2.24) is 19.4 Å². The number of carbonyl (C=O) groups is 1. The van der Waals surface area contributed by atoms with Crippen molar-refractivity contribution in [3.05, 3.63) is 41.6 Å². The van der Waals surface area contributed by atoms with E-state index in [1.807, 2.05) is 13.8 Å². The van der Waals surface area contributed by atoms with Crippen LogP contribution in [0.1, 0.15) is 60.7 Å². The van der Waals surface area contributed by atoms with Gasteiger partial charge in [-0.1, -0.05) is 13.8 Å². The van der Waals surface area contributed by atoms with Crippen LogP contribution in [0.3, 0.4) is 0 Å². The molecule has 1 aromatic carbocycles. The second-order valence-electron chi connectivity index (χ2n) is 8.24. The molecule has 10 heteroatoms. The van der Waals surface area contributed by atoms with Gasteiger partial charge in [-0.05, 0) is 37.1 Å². The van der Waals surface area contributed by atoms with Crippen molar-refractivity contribution >= 4 is 15.9 Å². The zero-order chi connectivity index (χ0) is 22.0. The lowest BCUT2D eigenvalue weighted by molar-refractivity contribution is 0.0705. The first-order valence-electron chi connectivity index (χ1n) is 10.7. The van der Waals surface area contributed by atoms with E-state index in [0.717, 1.165) is 12.8 Å². The van der Waals surface area contributed by atoms with Crippen LogP contribution in [0.15, 0.2) is 33.6 Å². The van der Waals surface area contributed by atoms with E-state index in [9.17, 15) is 13.2 Å². The van der Waals surface area contributed by atoms with Crippen LogP contribution in [-0.2, 0) is 14.8 Å². The number of likely N-dealkylation sites (tertiary alicyclic amines) is 1. The monoisotopic (exact) mass is 448 g/mol. The summed E-state index contributed by atoms with van der Waals surface area (Å²) in [5, 5.41) is 8.27. The third kappa shape index (κ3) is 4.65. The number of nitrogens with zero attached hydrogens (tertiary/aromatic N) is 4. The van der Waals surface area contributed by atoms with E-state index in [-0.39, 0.29) is 22.6 Å². The van der Waals surface area contributed by atoms with E-state index in [1.165, 1.54) is 16.4 Å². The highest BCUT2D eigenvalue weighted by Crippen LogP contribution is 2.29. The van der Waals surface area contributed by atoms with E-state index in [4.69, 9.17) is 9.15 Å². The molecule has 0 unspecified atom stereocenters. The Balaban J connectivity index is 1.37. The van der Waals surface area contributed by atoms with Gasteiger partial charge in [0.05, 0.1) is 18.1 Å². The molecule has 0 bridgehead atoms. The molecular weight excluding hydrogens is 420 g/mol. The normalized spacial score (nSPS) is 19.1. The fourth-order valence-electron chi connectivity index (χ4n) is 3.86. The third-order valence-electron chi connectivity index (χ3n) is 5.79. The van der Waals surface area contributed by atoms with Gasteiger partial charge < -0.3 is 14.1 Å². The molecule has 168 valence electrons. The van der Waals surface area contributed by atoms with Crippen LogP contribution in [0.25, 0.3) is 0 Å². The highest BCUT2D eigenvalue weighted by atomic mass is 32.2. The van der Waals surface area contributed by atoms with Crippen LogP contribution in [0.4, 0.5) is 0 Å². The molecule has 2 aromatic rings. The Kier molecular flexibility index (Phi) is 6.40. The fourth-order valence-corrected chi connectivity index (χ4v) is 5.27. The van der Waals surface area contributed by atoms with Crippen LogP contribution >= 0.6 is 0 Å². The predicted molar refractivity (Wildman–Crippen MR) is 112 cm³/mol. The quantitative estimate of drug-likeness (QED) is 0.690. The molecule has 31 heavy (non-hydrogen) atoms. The van der Waals surface area contributed by atoms with Gasteiger partial charge in [0, 0.05) is 43.6 Å². The summed E-state index contributed by atoms with van der Waals surface area (Å²) < 4.78 is 37.9. The standard InChI is InChI=1S/C21H28N4O5S/c1-15(2)19-22-23-20(30-19)16-7-9-24(10-8-16)21(26)17-3-5-18(6-4-17)31(27,28)25-11-13-29-14-12-25/h3-6,15-16H,7-14H2,1-2H3. The predicted octanol–water partition coefficient (Wildman–Crippen LogP) is 2.23. The molecule has 9 nitrogen and oxygen atoms in total. The highest BCUT2D eigenvalue weighted by molar-refractivity contribution is 7.89. The molecule has 0 saturated carbocycles. The lowest BCUT2D eigenvalue weighted by Gasteiger charge is -2.30. The van der Waals surface area contributed by atoms with Crippen LogP contribution in [0, 0.1) is 0 Å². The maximum Gasteiger partial charge on any atom is 0.253 e. The fraction of sp³-hybridized carbons (Fsp3) is 0.571. The molecule has 2 saturated heterocycles. The topological polar surface area (TPSA) is 106 Å². The minimum Gasteiger partial charge on any atom is -0.425 e. The number of hydrogen-bond donors (Lipinski definition) is 0. The van der Waals surface area contributed by atoms with Crippen molar-refractivity contribution in [2.24, 2.45) is 0 Å². The molecule has 2 aliphatic rings. The van der Waals surface area contributed by atoms with Gasteiger partial charge in [0.1, 0.15) is 0 Å². The average molecular weight is 449 g/mol. The van der Waals surface area contributed by atoms with Crippen LogP contribution < -0.4 is 0 Å². The summed E-state index contributed by atoms with van der Waals surface area (Å²) in [5.74, 6) is 1.54. The van der Waals surface area contributed by atoms with E-state index in [1.54, 1.807) is 17.0 Å². The van der Waals surface area contributed by atoms with Crippen LogP contribution in [-0.4, -0.2) is 73.1 Å². The smallest absolute Gasteiger partial charge is 0.253 e. The zero-order valence-electron chi connectivity index (χ0n) is 17.9. The van der Waals surface area contributed by atoms with Crippen molar-refractivity contribution in [3.63, 3.8) is 0 Å². The number of rotatable bonds is 5. The van der Waals surface area contributed by atoms with E-state index in [0.29, 0.717) is 56.7 Å². The zero-order valence-corrected chi connectivity index (χ0v) is 18.7. The van der Waals surface area contributed by atoms with Crippen molar-refractivity contribution in [2.75, 3.05) is 39.4 Å².